The summed E-state index contributed by atoms with van der Waals surface area (Å²) in [5.41, 5.74) is 2.71. The number of nitrogens with zero attached hydrogens (tertiary/aromatic N) is 1. The summed E-state index contributed by atoms with van der Waals surface area (Å²) in [4.78, 5) is 14.7. The van der Waals surface area contributed by atoms with E-state index in [9.17, 15) is 4.79 Å². The van der Waals surface area contributed by atoms with Gasteiger partial charge in [-0.05, 0) is 48.9 Å². The van der Waals surface area contributed by atoms with E-state index in [0.717, 1.165) is 30.4 Å². The molecule has 1 aliphatic heterocycles. The van der Waals surface area contributed by atoms with Crippen LogP contribution in [0.3, 0.4) is 0 Å². The first kappa shape index (κ1) is 13.2. The second-order valence-electron chi connectivity index (χ2n) is 5.76. The van der Waals surface area contributed by atoms with Crippen LogP contribution in [-0.4, -0.2) is 23.9 Å². The Kier molecular flexibility index (Phi) is 3.92. The number of benzene rings is 1. The van der Waals surface area contributed by atoms with E-state index in [4.69, 9.17) is 0 Å². The average Bonchev–Trinajstić information content (AvgIpc) is 2.64. The molecule has 0 spiro atoms. The molecule has 2 aliphatic rings. The predicted molar refractivity (Wildman–Crippen MR) is 80.1 cm³/mol. The van der Waals surface area contributed by atoms with Crippen LogP contribution in [0.1, 0.15) is 36.8 Å². The Labute approximate surface area is 123 Å². The van der Waals surface area contributed by atoms with E-state index in [-0.39, 0.29) is 5.92 Å². The molecule has 1 amide bonds. The summed E-state index contributed by atoms with van der Waals surface area (Å²) in [6.07, 6.45) is 6.76. The normalized spacial score (nSPS) is 23.0. The van der Waals surface area contributed by atoms with E-state index in [1.807, 2.05) is 0 Å². The smallest absolute Gasteiger partial charge is 0.226 e. The Balaban J connectivity index is 1.69. The SMILES string of the molecule is O=C(C1Cc2ccc(Br)cc2C1)N1CCCCCC1. The summed E-state index contributed by atoms with van der Waals surface area (Å²) < 4.78 is 1.12. The summed E-state index contributed by atoms with van der Waals surface area (Å²) in [5, 5.41) is 0. The van der Waals surface area contributed by atoms with Crippen LogP contribution in [0.5, 0.6) is 0 Å². The van der Waals surface area contributed by atoms with Crippen LogP contribution in [0.15, 0.2) is 22.7 Å². The highest BCUT2D eigenvalue weighted by atomic mass is 79.9. The summed E-state index contributed by atoms with van der Waals surface area (Å²) in [7, 11) is 0. The second-order valence-corrected chi connectivity index (χ2v) is 6.67. The van der Waals surface area contributed by atoms with Crippen molar-refractivity contribution in [3.8, 4) is 0 Å². The van der Waals surface area contributed by atoms with Gasteiger partial charge in [-0.25, -0.2) is 0 Å². The van der Waals surface area contributed by atoms with Crippen LogP contribution in [-0.2, 0) is 17.6 Å². The van der Waals surface area contributed by atoms with Gasteiger partial charge in [-0.2, -0.15) is 0 Å². The van der Waals surface area contributed by atoms with Gasteiger partial charge >= 0.3 is 0 Å². The fourth-order valence-corrected chi connectivity index (χ4v) is 3.72. The van der Waals surface area contributed by atoms with E-state index < -0.39 is 0 Å². The van der Waals surface area contributed by atoms with Crippen molar-refractivity contribution in [3.63, 3.8) is 0 Å². The highest BCUT2D eigenvalue weighted by Crippen LogP contribution is 2.30. The van der Waals surface area contributed by atoms with Gasteiger partial charge in [0, 0.05) is 23.5 Å². The monoisotopic (exact) mass is 321 g/mol. The quantitative estimate of drug-likeness (QED) is 0.774. The largest absolute Gasteiger partial charge is 0.342 e. The Bertz CT molecular complexity index is 478. The molecule has 1 aromatic rings. The molecular formula is C16H20BrNO. The molecule has 1 atom stereocenters. The number of carbonyl (C=O) groups excluding carboxylic acids is 1. The van der Waals surface area contributed by atoms with E-state index in [0.29, 0.717) is 5.91 Å². The summed E-state index contributed by atoms with van der Waals surface area (Å²) >= 11 is 3.51. The molecule has 1 aliphatic carbocycles. The minimum atomic E-state index is 0.183. The summed E-state index contributed by atoms with van der Waals surface area (Å²) in [5.74, 6) is 0.566. The van der Waals surface area contributed by atoms with Gasteiger partial charge in [-0.1, -0.05) is 34.8 Å². The van der Waals surface area contributed by atoms with Gasteiger partial charge < -0.3 is 4.90 Å². The maximum atomic E-state index is 12.6. The zero-order valence-electron chi connectivity index (χ0n) is 11.2. The molecule has 1 heterocycles. The van der Waals surface area contributed by atoms with E-state index >= 15 is 0 Å². The molecule has 1 aromatic carbocycles. The topological polar surface area (TPSA) is 20.3 Å². The Morgan fingerprint density at radius 1 is 1.05 bits per heavy atom. The molecule has 1 unspecified atom stereocenters. The Morgan fingerprint density at radius 3 is 2.47 bits per heavy atom. The van der Waals surface area contributed by atoms with Crippen LogP contribution >= 0.6 is 15.9 Å². The number of hydrogen-bond donors (Lipinski definition) is 0. The second kappa shape index (κ2) is 5.66. The van der Waals surface area contributed by atoms with Crippen molar-refractivity contribution in [1.29, 1.82) is 0 Å². The van der Waals surface area contributed by atoms with E-state index in [1.165, 1.54) is 36.8 Å². The molecule has 102 valence electrons. The first-order valence-electron chi connectivity index (χ1n) is 7.30. The van der Waals surface area contributed by atoms with Gasteiger partial charge in [0.25, 0.3) is 0 Å². The number of fused-ring (bicyclic) bond motifs is 1. The highest BCUT2D eigenvalue weighted by Gasteiger charge is 2.30. The number of likely N-dealkylation sites (tertiary alicyclic amines) is 1. The number of amides is 1. The molecule has 1 fully saturated rings. The number of hydrogen-bond acceptors (Lipinski definition) is 1. The average molecular weight is 322 g/mol. The standard InChI is InChI=1S/C16H20BrNO/c17-15-6-5-12-9-14(10-13(12)11-15)16(19)18-7-3-1-2-4-8-18/h5-6,11,14H,1-4,7-10H2. The lowest BCUT2D eigenvalue weighted by Gasteiger charge is -2.23. The lowest BCUT2D eigenvalue weighted by atomic mass is 10.0. The number of carbonyl (C=O) groups is 1. The van der Waals surface area contributed by atoms with Crippen molar-refractivity contribution < 1.29 is 4.79 Å². The fraction of sp³-hybridized carbons (Fsp3) is 0.562. The Morgan fingerprint density at radius 2 is 1.74 bits per heavy atom. The summed E-state index contributed by atoms with van der Waals surface area (Å²) in [6.45, 7) is 1.94. The van der Waals surface area contributed by atoms with Crippen molar-refractivity contribution in [1.82, 2.24) is 4.90 Å². The first-order chi connectivity index (χ1) is 9.24. The molecule has 0 aromatic heterocycles. The minimum Gasteiger partial charge on any atom is -0.342 e. The van der Waals surface area contributed by atoms with Crippen molar-refractivity contribution in [2.75, 3.05) is 13.1 Å². The molecule has 3 rings (SSSR count). The molecular weight excluding hydrogens is 302 g/mol. The molecule has 3 heteroatoms. The van der Waals surface area contributed by atoms with Crippen molar-refractivity contribution in [3.05, 3.63) is 33.8 Å². The first-order valence-corrected chi connectivity index (χ1v) is 8.09. The van der Waals surface area contributed by atoms with Crippen LogP contribution in [0.4, 0.5) is 0 Å². The van der Waals surface area contributed by atoms with Crippen molar-refractivity contribution in [2.24, 2.45) is 5.92 Å². The van der Waals surface area contributed by atoms with Gasteiger partial charge in [-0.3, -0.25) is 4.79 Å². The van der Waals surface area contributed by atoms with Crippen LogP contribution in [0, 0.1) is 5.92 Å². The number of rotatable bonds is 1. The molecule has 0 N–H and O–H groups in total. The van der Waals surface area contributed by atoms with E-state index in [2.05, 4.69) is 39.0 Å². The van der Waals surface area contributed by atoms with Crippen molar-refractivity contribution >= 4 is 21.8 Å². The van der Waals surface area contributed by atoms with Gasteiger partial charge in [0.1, 0.15) is 0 Å². The zero-order chi connectivity index (χ0) is 13.2. The maximum Gasteiger partial charge on any atom is 0.226 e. The molecule has 0 bridgehead atoms. The van der Waals surface area contributed by atoms with Gasteiger partial charge in [0.2, 0.25) is 5.91 Å². The highest BCUT2D eigenvalue weighted by molar-refractivity contribution is 9.10. The molecule has 1 saturated heterocycles. The third-order valence-electron chi connectivity index (χ3n) is 4.37. The maximum absolute atomic E-state index is 12.6. The third kappa shape index (κ3) is 2.86. The molecule has 2 nitrogen and oxygen atoms in total. The van der Waals surface area contributed by atoms with Crippen LogP contribution in [0.2, 0.25) is 0 Å². The van der Waals surface area contributed by atoms with Gasteiger partial charge in [0.15, 0.2) is 0 Å². The lowest BCUT2D eigenvalue weighted by molar-refractivity contribution is -0.135. The molecule has 0 radical (unpaired) electrons. The number of halogens is 1. The van der Waals surface area contributed by atoms with Gasteiger partial charge in [-0.15, -0.1) is 0 Å². The summed E-state index contributed by atoms with van der Waals surface area (Å²) in [6, 6.07) is 6.41. The lowest BCUT2D eigenvalue weighted by Crippen LogP contribution is -2.37. The van der Waals surface area contributed by atoms with Crippen LogP contribution < -0.4 is 0 Å². The van der Waals surface area contributed by atoms with Gasteiger partial charge in [0.05, 0.1) is 0 Å². The Hall–Kier alpha value is -0.830. The molecule has 19 heavy (non-hydrogen) atoms. The van der Waals surface area contributed by atoms with Crippen molar-refractivity contribution in [2.45, 2.75) is 38.5 Å². The zero-order valence-corrected chi connectivity index (χ0v) is 12.8. The minimum absolute atomic E-state index is 0.183. The fourth-order valence-electron chi connectivity index (χ4n) is 3.31. The predicted octanol–water partition coefficient (Wildman–Crippen LogP) is 3.57. The van der Waals surface area contributed by atoms with Crippen LogP contribution in [0.25, 0.3) is 0 Å². The molecule has 0 saturated carbocycles. The van der Waals surface area contributed by atoms with E-state index in [1.54, 1.807) is 0 Å². The third-order valence-corrected chi connectivity index (χ3v) is 4.86.